The first-order valence-corrected chi connectivity index (χ1v) is 9.12. The Morgan fingerprint density at radius 3 is 2.29 bits per heavy atom. The summed E-state index contributed by atoms with van der Waals surface area (Å²) in [4.78, 5) is 2.76. The Kier molecular flexibility index (Phi) is 5.61. The van der Waals surface area contributed by atoms with E-state index >= 15 is 0 Å². The first-order valence-electron chi connectivity index (χ1n) is 7.63. The lowest BCUT2D eigenvalue weighted by molar-refractivity contribution is 0.229. The average molecular weight is 311 g/mol. The zero-order chi connectivity index (χ0) is 15.3. The zero-order valence-corrected chi connectivity index (χ0v) is 13.6. The van der Waals surface area contributed by atoms with Crippen molar-refractivity contribution in [2.75, 3.05) is 31.5 Å². The van der Waals surface area contributed by atoms with E-state index in [9.17, 15) is 8.42 Å². The van der Waals surface area contributed by atoms with Gasteiger partial charge in [0.25, 0.3) is 0 Å². The third kappa shape index (κ3) is 4.43. The molecule has 1 saturated heterocycles. The van der Waals surface area contributed by atoms with Crippen molar-refractivity contribution in [2.24, 2.45) is 0 Å². The maximum Gasteiger partial charge on any atom is 0.240 e. The number of piperidine rings is 1. The van der Waals surface area contributed by atoms with Gasteiger partial charge in [-0.25, -0.2) is 13.1 Å². The third-order valence-corrected chi connectivity index (χ3v) is 5.47. The summed E-state index contributed by atoms with van der Waals surface area (Å²) in [6, 6.07) is 7.47. The average Bonchev–Trinajstić information content (AvgIpc) is 2.48. The third-order valence-electron chi connectivity index (χ3n) is 3.90. The van der Waals surface area contributed by atoms with Crippen LogP contribution in [0, 0.1) is 0 Å². The molecule has 0 aromatic heterocycles. The van der Waals surface area contributed by atoms with Crippen LogP contribution in [0.25, 0.3) is 0 Å². The number of rotatable bonds is 6. The lowest BCUT2D eigenvalue weighted by Crippen LogP contribution is -2.38. The molecule has 0 bridgehead atoms. The molecule has 2 N–H and O–H groups in total. The standard InChI is InChI=1S/C15H25N3O2S/c1-3-16-21(19,20)15-7-5-13(6-8-15)17-14-9-11-18(4-2)12-10-14/h5-8,14,16-17H,3-4,9-12H2,1-2H3. The van der Waals surface area contributed by atoms with Gasteiger partial charge in [0.15, 0.2) is 0 Å². The second kappa shape index (κ2) is 7.24. The van der Waals surface area contributed by atoms with Crippen LogP contribution >= 0.6 is 0 Å². The highest BCUT2D eigenvalue weighted by molar-refractivity contribution is 7.89. The van der Waals surface area contributed by atoms with Crippen LogP contribution in [0.2, 0.25) is 0 Å². The molecule has 0 radical (unpaired) electrons. The number of nitrogens with one attached hydrogen (secondary N) is 2. The molecule has 1 aromatic carbocycles. The maximum absolute atomic E-state index is 11.9. The van der Waals surface area contributed by atoms with Gasteiger partial charge in [-0.2, -0.15) is 0 Å². The van der Waals surface area contributed by atoms with E-state index in [2.05, 4.69) is 21.9 Å². The highest BCUT2D eigenvalue weighted by atomic mass is 32.2. The summed E-state index contributed by atoms with van der Waals surface area (Å²) in [5, 5.41) is 3.49. The van der Waals surface area contributed by atoms with E-state index in [1.54, 1.807) is 19.1 Å². The number of hydrogen-bond acceptors (Lipinski definition) is 4. The molecule has 0 saturated carbocycles. The molecule has 1 aliphatic heterocycles. The van der Waals surface area contributed by atoms with Crippen LogP contribution in [-0.4, -0.2) is 45.5 Å². The minimum absolute atomic E-state index is 0.315. The number of hydrogen-bond donors (Lipinski definition) is 2. The Hall–Kier alpha value is -1.11. The van der Waals surface area contributed by atoms with Crippen LogP contribution in [0.3, 0.4) is 0 Å². The van der Waals surface area contributed by atoms with Crippen molar-refractivity contribution in [2.45, 2.75) is 37.6 Å². The van der Waals surface area contributed by atoms with Crippen LogP contribution < -0.4 is 10.0 Å². The van der Waals surface area contributed by atoms with E-state index in [0.29, 0.717) is 17.5 Å². The summed E-state index contributed by atoms with van der Waals surface area (Å²) in [6.45, 7) is 7.73. The summed E-state index contributed by atoms with van der Waals surface area (Å²) >= 11 is 0. The van der Waals surface area contributed by atoms with Crippen molar-refractivity contribution in [3.8, 4) is 0 Å². The highest BCUT2D eigenvalue weighted by Crippen LogP contribution is 2.18. The maximum atomic E-state index is 11.9. The molecule has 0 aliphatic carbocycles. The highest BCUT2D eigenvalue weighted by Gasteiger charge is 2.18. The van der Waals surface area contributed by atoms with Gasteiger partial charge >= 0.3 is 0 Å². The molecule has 5 nitrogen and oxygen atoms in total. The van der Waals surface area contributed by atoms with E-state index < -0.39 is 10.0 Å². The molecule has 1 aliphatic rings. The van der Waals surface area contributed by atoms with E-state index in [4.69, 9.17) is 0 Å². The van der Waals surface area contributed by atoms with Gasteiger partial charge in [-0.05, 0) is 43.7 Å². The van der Waals surface area contributed by atoms with Crippen LogP contribution in [0.1, 0.15) is 26.7 Å². The number of likely N-dealkylation sites (tertiary alicyclic amines) is 1. The number of nitrogens with zero attached hydrogens (tertiary/aromatic N) is 1. The van der Waals surface area contributed by atoms with Crippen molar-refractivity contribution in [1.29, 1.82) is 0 Å². The molecule has 118 valence electrons. The summed E-state index contributed by atoms with van der Waals surface area (Å²) < 4.78 is 26.2. The summed E-state index contributed by atoms with van der Waals surface area (Å²) in [7, 11) is -3.36. The first kappa shape index (κ1) is 16.3. The Morgan fingerprint density at radius 1 is 1.14 bits per heavy atom. The van der Waals surface area contributed by atoms with E-state index in [0.717, 1.165) is 38.2 Å². The van der Waals surface area contributed by atoms with E-state index in [-0.39, 0.29) is 0 Å². The van der Waals surface area contributed by atoms with E-state index in [1.807, 2.05) is 12.1 Å². The monoisotopic (exact) mass is 311 g/mol. The predicted molar refractivity (Wildman–Crippen MR) is 86.1 cm³/mol. The molecule has 21 heavy (non-hydrogen) atoms. The minimum Gasteiger partial charge on any atom is -0.382 e. The van der Waals surface area contributed by atoms with Crippen molar-refractivity contribution in [1.82, 2.24) is 9.62 Å². The molecule has 2 rings (SSSR count). The molecular formula is C15H25N3O2S. The lowest BCUT2D eigenvalue weighted by atomic mass is 10.0. The predicted octanol–water partition coefficient (Wildman–Crippen LogP) is 1.88. The molecule has 1 fully saturated rings. The molecule has 1 heterocycles. The molecule has 1 aromatic rings. The summed E-state index contributed by atoms with van der Waals surface area (Å²) in [6.07, 6.45) is 2.26. The van der Waals surface area contributed by atoms with Gasteiger partial charge in [-0.1, -0.05) is 13.8 Å². The molecule has 0 amide bonds. The lowest BCUT2D eigenvalue weighted by Gasteiger charge is -2.32. The van der Waals surface area contributed by atoms with Crippen LogP contribution in [0.15, 0.2) is 29.2 Å². The Labute approximate surface area is 127 Å². The number of anilines is 1. The Morgan fingerprint density at radius 2 is 1.76 bits per heavy atom. The van der Waals surface area contributed by atoms with Crippen LogP contribution in [0.5, 0.6) is 0 Å². The fourth-order valence-corrected chi connectivity index (χ4v) is 3.67. The fraction of sp³-hybridized carbons (Fsp3) is 0.600. The molecule has 0 spiro atoms. The number of sulfonamides is 1. The zero-order valence-electron chi connectivity index (χ0n) is 12.8. The van der Waals surface area contributed by atoms with Gasteiger partial charge in [-0.15, -0.1) is 0 Å². The smallest absolute Gasteiger partial charge is 0.240 e. The van der Waals surface area contributed by atoms with Crippen molar-refractivity contribution >= 4 is 15.7 Å². The van der Waals surface area contributed by atoms with Gasteiger partial charge in [0, 0.05) is 31.4 Å². The van der Waals surface area contributed by atoms with Crippen LogP contribution in [-0.2, 0) is 10.0 Å². The van der Waals surface area contributed by atoms with Crippen molar-refractivity contribution < 1.29 is 8.42 Å². The second-order valence-corrected chi connectivity index (χ2v) is 7.15. The van der Waals surface area contributed by atoms with Gasteiger partial charge in [0.05, 0.1) is 4.90 Å². The molecule has 6 heteroatoms. The van der Waals surface area contributed by atoms with E-state index in [1.165, 1.54) is 0 Å². The molecule has 0 atom stereocenters. The normalized spacial score (nSPS) is 17.8. The Bertz CT molecular complexity index is 535. The molecule has 0 unspecified atom stereocenters. The van der Waals surface area contributed by atoms with Crippen molar-refractivity contribution in [3.05, 3.63) is 24.3 Å². The van der Waals surface area contributed by atoms with Gasteiger partial charge in [0.2, 0.25) is 10.0 Å². The van der Waals surface area contributed by atoms with Gasteiger partial charge in [0.1, 0.15) is 0 Å². The second-order valence-electron chi connectivity index (χ2n) is 5.38. The quantitative estimate of drug-likeness (QED) is 0.842. The topological polar surface area (TPSA) is 61.4 Å². The van der Waals surface area contributed by atoms with Crippen molar-refractivity contribution in [3.63, 3.8) is 0 Å². The summed E-state index contributed by atoms with van der Waals surface area (Å²) in [5.41, 5.74) is 0.986. The minimum atomic E-state index is -3.36. The SMILES string of the molecule is CCNS(=O)(=O)c1ccc(NC2CCN(CC)CC2)cc1. The van der Waals surface area contributed by atoms with Crippen LogP contribution in [0.4, 0.5) is 5.69 Å². The Balaban J connectivity index is 1.94. The fourth-order valence-electron chi connectivity index (χ4n) is 2.63. The first-order chi connectivity index (χ1) is 10.0. The van der Waals surface area contributed by atoms with Gasteiger partial charge < -0.3 is 10.2 Å². The van der Waals surface area contributed by atoms with Gasteiger partial charge in [-0.3, -0.25) is 0 Å². The molecular weight excluding hydrogens is 286 g/mol. The number of benzene rings is 1. The largest absolute Gasteiger partial charge is 0.382 e. The summed E-state index contributed by atoms with van der Waals surface area (Å²) in [5.74, 6) is 0.